The first-order valence-electron chi connectivity index (χ1n) is 8.33. The maximum absolute atomic E-state index is 4.35. The van der Waals surface area contributed by atoms with Crippen LogP contribution in [0.2, 0.25) is 6.04 Å². The zero-order valence-corrected chi connectivity index (χ0v) is 15.3. The van der Waals surface area contributed by atoms with E-state index in [9.17, 15) is 0 Å². The second kappa shape index (κ2) is 6.96. The maximum Gasteiger partial charge on any atom is 0.0953 e. The van der Waals surface area contributed by atoms with Crippen molar-refractivity contribution in [2.75, 3.05) is 0 Å². The molecule has 0 N–H and O–H groups in total. The minimum Gasteiger partial charge on any atom is -0.327 e. The van der Waals surface area contributed by atoms with Crippen molar-refractivity contribution in [2.24, 2.45) is 5.92 Å². The lowest BCUT2D eigenvalue weighted by Crippen LogP contribution is -2.42. The van der Waals surface area contributed by atoms with Crippen LogP contribution in [0.15, 0.2) is 79.4 Å². The fourth-order valence-electron chi connectivity index (χ4n) is 3.29. The summed E-state index contributed by atoms with van der Waals surface area (Å²) in [6, 6.07) is 23.1. The first-order chi connectivity index (χ1) is 11.2. The molecule has 0 aliphatic carbocycles. The van der Waals surface area contributed by atoms with E-state index in [1.165, 1.54) is 17.2 Å². The molecule has 3 heteroatoms. The van der Waals surface area contributed by atoms with Gasteiger partial charge in [0.1, 0.15) is 0 Å². The SMILES string of the molecule is CC(C)C[SiH2]C(c1ccccc1)(c1ccccc1)n1ccnc1. The topological polar surface area (TPSA) is 17.8 Å². The highest BCUT2D eigenvalue weighted by atomic mass is 28.2. The Kier molecular flexibility index (Phi) is 4.77. The summed E-state index contributed by atoms with van der Waals surface area (Å²) < 4.78 is 2.33. The molecule has 3 rings (SSSR count). The molecule has 0 amide bonds. The lowest BCUT2D eigenvalue weighted by molar-refractivity contribution is 0.581. The summed E-state index contributed by atoms with van der Waals surface area (Å²) in [7, 11) is -0.472. The van der Waals surface area contributed by atoms with Gasteiger partial charge in [0, 0.05) is 12.4 Å². The molecule has 0 bridgehead atoms. The molecule has 0 aliphatic heterocycles. The van der Waals surface area contributed by atoms with Crippen molar-refractivity contribution in [2.45, 2.75) is 25.1 Å². The summed E-state index contributed by atoms with van der Waals surface area (Å²) in [4.78, 5) is 4.35. The van der Waals surface area contributed by atoms with Crippen LogP contribution in [0, 0.1) is 5.92 Å². The Morgan fingerprint density at radius 3 is 1.96 bits per heavy atom. The van der Waals surface area contributed by atoms with E-state index in [4.69, 9.17) is 0 Å². The largest absolute Gasteiger partial charge is 0.327 e. The Labute approximate surface area is 141 Å². The molecule has 0 saturated carbocycles. The first-order valence-corrected chi connectivity index (χ1v) is 10.0. The molecule has 0 saturated heterocycles. The van der Waals surface area contributed by atoms with Crippen molar-refractivity contribution in [1.29, 1.82) is 0 Å². The Hall–Kier alpha value is -2.13. The molecule has 0 atom stereocenters. The maximum atomic E-state index is 4.35. The fraction of sp³-hybridized carbons (Fsp3) is 0.250. The van der Waals surface area contributed by atoms with Gasteiger partial charge in [0.15, 0.2) is 0 Å². The van der Waals surface area contributed by atoms with Gasteiger partial charge in [0.05, 0.1) is 21.0 Å². The third kappa shape index (κ3) is 3.15. The minimum atomic E-state index is -0.472. The molecule has 2 aromatic carbocycles. The van der Waals surface area contributed by atoms with Crippen LogP contribution < -0.4 is 0 Å². The summed E-state index contributed by atoms with van der Waals surface area (Å²) in [5.74, 6) is 0.719. The van der Waals surface area contributed by atoms with E-state index in [0.29, 0.717) is 0 Å². The van der Waals surface area contributed by atoms with Crippen LogP contribution in [0.25, 0.3) is 0 Å². The van der Waals surface area contributed by atoms with Gasteiger partial charge >= 0.3 is 0 Å². The summed E-state index contributed by atoms with van der Waals surface area (Å²) in [6.45, 7) is 4.64. The number of aromatic nitrogens is 2. The summed E-state index contributed by atoms with van der Waals surface area (Å²) in [6.07, 6.45) is 5.99. The number of nitrogens with zero attached hydrogens (tertiary/aromatic N) is 2. The third-order valence-corrected chi connectivity index (χ3v) is 7.88. The number of rotatable bonds is 6. The number of imidazole rings is 1. The van der Waals surface area contributed by atoms with E-state index in [2.05, 4.69) is 90.3 Å². The van der Waals surface area contributed by atoms with Crippen molar-refractivity contribution < 1.29 is 0 Å². The van der Waals surface area contributed by atoms with Gasteiger partial charge in [-0.05, 0) is 17.0 Å². The quantitative estimate of drug-likeness (QED) is 0.630. The molecular weight excluding hydrogens is 296 g/mol. The van der Waals surface area contributed by atoms with E-state index >= 15 is 0 Å². The molecule has 118 valence electrons. The van der Waals surface area contributed by atoms with E-state index in [1.807, 2.05) is 12.5 Å². The van der Waals surface area contributed by atoms with Gasteiger partial charge in [-0.25, -0.2) is 4.98 Å². The summed E-state index contributed by atoms with van der Waals surface area (Å²) >= 11 is 0. The Bertz CT molecular complexity index is 666. The van der Waals surface area contributed by atoms with Gasteiger partial charge in [-0.1, -0.05) is 80.6 Å². The van der Waals surface area contributed by atoms with E-state index in [0.717, 1.165) is 5.92 Å². The molecule has 23 heavy (non-hydrogen) atoms. The second-order valence-electron chi connectivity index (χ2n) is 6.49. The van der Waals surface area contributed by atoms with Crippen molar-refractivity contribution in [1.82, 2.24) is 9.55 Å². The van der Waals surface area contributed by atoms with Crippen LogP contribution in [0.3, 0.4) is 0 Å². The highest BCUT2D eigenvalue weighted by Gasteiger charge is 2.35. The van der Waals surface area contributed by atoms with Crippen molar-refractivity contribution in [3.63, 3.8) is 0 Å². The lowest BCUT2D eigenvalue weighted by atomic mass is 9.97. The minimum absolute atomic E-state index is 0.0662. The highest BCUT2D eigenvalue weighted by molar-refractivity contribution is 6.41. The molecule has 1 aromatic heterocycles. The molecule has 1 heterocycles. The molecule has 0 spiro atoms. The Morgan fingerprint density at radius 2 is 1.52 bits per heavy atom. The normalized spacial score (nSPS) is 12.3. The molecule has 0 fully saturated rings. The molecule has 0 radical (unpaired) electrons. The smallest absolute Gasteiger partial charge is 0.0953 e. The number of benzene rings is 2. The van der Waals surface area contributed by atoms with Crippen molar-refractivity contribution in [3.05, 3.63) is 90.5 Å². The standard InChI is InChI=1S/C20H24N2Si/c1-17(2)15-23-20(22-14-13-21-16-22,18-9-5-3-6-10-18)19-11-7-4-8-12-19/h3-14,16-17H,15,23H2,1-2H3. The summed E-state index contributed by atoms with van der Waals surface area (Å²) in [5.41, 5.74) is 2.74. The van der Waals surface area contributed by atoms with Crippen LogP contribution in [0.1, 0.15) is 25.0 Å². The van der Waals surface area contributed by atoms with Crippen molar-refractivity contribution in [3.8, 4) is 0 Å². The van der Waals surface area contributed by atoms with Gasteiger partial charge in [0.2, 0.25) is 0 Å². The van der Waals surface area contributed by atoms with E-state index in [1.54, 1.807) is 0 Å². The lowest BCUT2D eigenvalue weighted by Gasteiger charge is -2.37. The predicted molar refractivity (Wildman–Crippen MR) is 99.5 cm³/mol. The van der Waals surface area contributed by atoms with E-state index in [-0.39, 0.29) is 5.16 Å². The monoisotopic (exact) mass is 320 g/mol. The fourth-order valence-corrected chi connectivity index (χ4v) is 5.78. The van der Waals surface area contributed by atoms with Crippen molar-refractivity contribution >= 4 is 9.52 Å². The number of hydrogen-bond acceptors (Lipinski definition) is 1. The van der Waals surface area contributed by atoms with Crippen LogP contribution >= 0.6 is 0 Å². The van der Waals surface area contributed by atoms with Gasteiger partial charge < -0.3 is 4.57 Å². The van der Waals surface area contributed by atoms with Crippen LogP contribution in [-0.2, 0) is 5.16 Å². The van der Waals surface area contributed by atoms with Gasteiger partial charge in [-0.2, -0.15) is 0 Å². The van der Waals surface area contributed by atoms with Gasteiger partial charge in [-0.15, -0.1) is 0 Å². The van der Waals surface area contributed by atoms with Gasteiger partial charge in [0.25, 0.3) is 0 Å². The summed E-state index contributed by atoms with van der Waals surface area (Å²) in [5, 5.41) is -0.0662. The second-order valence-corrected chi connectivity index (χ2v) is 8.60. The first kappa shape index (κ1) is 15.8. The van der Waals surface area contributed by atoms with Gasteiger partial charge in [-0.3, -0.25) is 0 Å². The average Bonchev–Trinajstić information content (AvgIpc) is 3.12. The Balaban J connectivity index is 2.21. The zero-order valence-electron chi connectivity index (χ0n) is 13.9. The highest BCUT2D eigenvalue weighted by Crippen LogP contribution is 2.34. The zero-order chi connectivity index (χ0) is 16.1. The number of hydrogen-bond donors (Lipinski definition) is 0. The molecule has 0 aliphatic rings. The molecule has 3 aromatic rings. The molecular formula is C20H24N2Si. The predicted octanol–water partition coefficient (Wildman–Crippen LogP) is 3.88. The Morgan fingerprint density at radius 1 is 0.957 bits per heavy atom. The van der Waals surface area contributed by atoms with Crippen LogP contribution in [0.4, 0.5) is 0 Å². The van der Waals surface area contributed by atoms with E-state index < -0.39 is 9.52 Å². The molecule has 0 unspecified atom stereocenters. The third-order valence-electron chi connectivity index (χ3n) is 4.53. The molecule has 2 nitrogen and oxygen atoms in total. The van der Waals surface area contributed by atoms with Crippen LogP contribution in [-0.4, -0.2) is 19.1 Å². The average molecular weight is 321 g/mol. The van der Waals surface area contributed by atoms with Crippen LogP contribution in [0.5, 0.6) is 0 Å².